The van der Waals surface area contributed by atoms with E-state index in [4.69, 9.17) is 29.4 Å². The highest BCUT2D eigenvalue weighted by Crippen LogP contribution is 2.36. The summed E-state index contributed by atoms with van der Waals surface area (Å²) in [6.45, 7) is 9.23. The van der Waals surface area contributed by atoms with Crippen LogP contribution in [0.1, 0.15) is 65.4 Å². The van der Waals surface area contributed by atoms with Crippen molar-refractivity contribution in [2.75, 3.05) is 19.8 Å². The number of nitrogens with two attached hydrogens (primary N) is 1. The van der Waals surface area contributed by atoms with E-state index in [9.17, 15) is 24.3 Å². The van der Waals surface area contributed by atoms with Crippen LogP contribution in [0.25, 0.3) is 0 Å². The number of carbonyl (C=O) groups is 4. The van der Waals surface area contributed by atoms with Gasteiger partial charge in [0.2, 0.25) is 0 Å². The summed E-state index contributed by atoms with van der Waals surface area (Å²) >= 11 is 0. The molecule has 2 unspecified atom stereocenters. The number of aliphatic carboxylic acids is 1. The monoisotopic (exact) mass is 511 g/mol. The van der Waals surface area contributed by atoms with Gasteiger partial charge in [0, 0.05) is 12.3 Å². The average Bonchev–Trinajstić information content (AvgIpc) is 2.81. The van der Waals surface area contributed by atoms with Crippen LogP contribution >= 0.6 is 0 Å². The molecule has 0 aliphatic heterocycles. The lowest BCUT2D eigenvalue weighted by atomic mass is 9.82. The summed E-state index contributed by atoms with van der Waals surface area (Å²) in [4.78, 5) is 47.9. The molecular formula is C25H37NO10. The molecule has 1 aromatic carbocycles. The van der Waals surface area contributed by atoms with Crippen molar-refractivity contribution in [3.8, 4) is 11.5 Å². The quantitative estimate of drug-likeness (QED) is 0.208. The topological polar surface area (TPSA) is 161 Å². The van der Waals surface area contributed by atoms with Crippen LogP contribution in [0, 0.1) is 11.8 Å². The van der Waals surface area contributed by atoms with Gasteiger partial charge in [-0.15, -0.1) is 0 Å². The van der Waals surface area contributed by atoms with E-state index in [1.807, 2.05) is 20.8 Å². The van der Waals surface area contributed by atoms with Crippen LogP contribution in [0.5, 0.6) is 11.5 Å². The van der Waals surface area contributed by atoms with Crippen molar-refractivity contribution in [2.45, 2.75) is 65.8 Å². The van der Waals surface area contributed by atoms with E-state index in [0.717, 1.165) is 0 Å². The molecule has 0 aromatic heterocycles. The second kappa shape index (κ2) is 15.6. The molecule has 0 aliphatic rings. The van der Waals surface area contributed by atoms with Gasteiger partial charge in [-0.3, -0.25) is 9.59 Å². The Morgan fingerprint density at radius 3 is 1.94 bits per heavy atom. The molecule has 0 fully saturated rings. The van der Waals surface area contributed by atoms with Crippen molar-refractivity contribution in [3.63, 3.8) is 0 Å². The molecule has 3 atom stereocenters. The van der Waals surface area contributed by atoms with Crippen molar-refractivity contribution in [1.29, 1.82) is 0 Å². The summed E-state index contributed by atoms with van der Waals surface area (Å²) in [7, 11) is 0. The van der Waals surface area contributed by atoms with E-state index in [1.165, 1.54) is 18.2 Å². The van der Waals surface area contributed by atoms with Gasteiger partial charge in [0.05, 0.1) is 19.8 Å². The van der Waals surface area contributed by atoms with Crippen molar-refractivity contribution >= 4 is 24.2 Å². The maximum absolute atomic E-state index is 12.1. The van der Waals surface area contributed by atoms with Gasteiger partial charge in [0.15, 0.2) is 11.5 Å². The first kappa shape index (κ1) is 30.7. The fourth-order valence-electron chi connectivity index (χ4n) is 3.27. The largest absolute Gasteiger partial charge is 0.513 e. The van der Waals surface area contributed by atoms with E-state index < -0.39 is 42.1 Å². The van der Waals surface area contributed by atoms with Gasteiger partial charge < -0.3 is 34.5 Å². The molecule has 0 heterocycles. The van der Waals surface area contributed by atoms with Gasteiger partial charge in [-0.2, -0.15) is 0 Å². The normalized spacial score (nSPS) is 13.3. The summed E-state index contributed by atoms with van der Waals surface area (Å²) < 4.78 is 25.6. The average molecular weight is 512 g/mol. The molecule has 0 bridgehead atoms. The summed E-state index contributed by atoms with van der Waals surface area (Å²) in [6, 6.07) is 2.80. The minimum atomic E-state index is -1.37. The van der Waals surface area contributed by atoms with E-state index in [1.54, 1.807) is 13.8 Å². The number of ether oxygens (including phenoxy) is 5. The summed E-state index contributed by atoms with van der Waals surface area (Å²) in [5.41, 5.74) is 6.36. The first-order chi connectivity index (χ1) is 17.0. The Bertz CT molecular complexity index is 886. The minimum absolute atomic E-state index is 0.0759. The minimum Gasteiger partial charge on any atom is -0.480 e. The lowest BCUT2D eigenvalue weighted by Crippen LogP contribution is -2.40. The summed E-state index contributed by atoms with van der Waals surface area (Å²) in [6.07, 6.45) is -0.670. The van der Waals surface area contributed by atoms with Gasteiger partial charge >= 0.3 is 24.2 Å². The lowest BCUT2D eigenvalue weighted by molar-refractivity contribution is -0.146. The number of carboxylic acid groups (broad SMARTS) is 1. The lowest BCUT2D eigenvalue weighted by Gasteiger charge is -2.28. The van der Waals surface area contributed by atoms with Crippen molar-refractivity contribution in [3.05, 3.63) is 23.8 Å². The Hall–Kier alpha value is -3.34. The Labute approximate surface area is 211 Å². The van der Waals surface area contributed by atoms with Gasteiger partial charge in [-0.1, -0.05) is 40.7 Å². The zero-order valence-corrected chi connectivity index (χ0v) is 21.5. The molecule has 1 aromatic rings. The molecule has 202 valence electrons. The molecule has 0 radical (unpaired) electrons. The molecular weight excluding hydrogens is 474 g/mol. The molecule has 0 spiro atoms. The van der Waals surface area contributed by atoms with Gasteiger partial charge in [-0.25, -0.2) is 9.59 Å². The highest BCUT2D eigenvalue weighted by Gasteiger charge is 2.33. The van der Waals surface area contributed by atoms with Crippen LogP contribution in [0.2, 0.25) is 0 Å². The fraction of sp³-hybridized carbons (Fsp3) is 0.600. The maximum atomic E-state index is 12.1. The molecule has 11 nitrogen and oxygen atoms in total. The van der Waals surface area contributed by atoms with E-state index in [-0.39, 0.29) is 43.7 Å². The SMILES string of the molecule is CCCOC(=O)Oc1ccc(C(C(C)COC(=O)CC(C)C)[C@H](N)C(=O)O)cc1OC(=O)OCCC. The van der Waals surface area contributed by atoms with Crippen LogP contribution in [0.15, 0.2) is 18.2 Å². The molecule has 36 heavy (non-hydrogen) atoms. The Morgan fingerprint density at radius 1 is 0.889 bits per heavy atom. The molecule has 1 rings (SSSR count). The molecule has 0 saturated carbocycles. The van der Waals surface area contributed by atoms with Gasteiger partial charge in [0.1, 0.15) is 6.04 Å². The predicted octanol–water partition coefficient (Wildman–Crippen LogP) is 4.26. The number of hydrogen-bond donors (Lipinski definition) is 2. The zero-order chi connectivity index (χ0) is 27.3. The van der Waals surface area contributed by atoms with Gasteiger partial charge in [-0.05, 0) is 42.4 Å². The zero-order valence-electron chi connectivity index (χ0n) is 21.5. The third-order valence-electron chi connectivity index (χ3n) is 4.95. The van der Waals surface area contributed by atoms with E-state index >= 15 is 0 Å². The molecule has 0 amide bonds. The highest BCUT2D eigenvalue weighted by molar-refractivity contribution is 5.75. The van der Waals surface area contributed by atoms with Crippen LogP contribution < -0.4 is 15.2 Å². The van der Waals surface area contributed by atoms with Crippen molar-refractivity contribution < 1.29 is 48.0 Å². The molecule has 3 N–H and O–H groups in total. The summed E-state index contributed by atoms with van der Waals surface area (Å²) in [5.74, 6) is -3.25. The smallest absolute Gasteiger partial charge is 0.480 e. The highest BCUT2D eigenvalue weighted by atomic mass is 16.7. The first-order valence-corrected chi connectivity index (χ1v) is 12.0. The predicted molar refractivity (Wildman–Crippen MR) is 129 cm³/mol. The van der Waals surface area contributed by atoms with Crippen molar-refractivity contribution in [2.24, 2.45) is 17.6 Å². The number of carbonyl (C=O) groups excluding carboxylic acids is 3. The van der Waals surface area contributed by atoms with Crippen LogP contribution in [0.3, 0.4) is 0 Å². The van der Waals surface area contributed by atoms with Crippen molar-refractivity contribution in [1.82, 2.24) is 0 Å². The van der Waals surface area contributed by atoms with Gasteiger partial charge in [0.25, 0.3) is 0 Å². The van der Waals surface area contributed by atoms with E-state index in [2.05, 4.69) is 0 Å². The number of benzene rings is 1. The van der Waals surface area contributed by atoms with Crippen LogP contribution in [0.4, 0.5) is 9.59 Å². The van der Waals surface area contributed by atoms with E-state index in [0.29, 0.717) is 18.4 Å². The number of esters is 1. The molecule has 0 aliphatic carbocycles. The fourth-order valence-corrected chi connectivity index (χ4v) is 3.27. The van der Waals surface area contributed by atoms with Crippen LogP contribution in [-0.2, 0) is 23.8 Å². The Kier molecular flexibility index (Phi) is 13.3. The number of carboxylic acids is 1. The van der Waals surface area contributed by atoms with Crippen LogP contribution in [-0.4, -0.2) is 55.2 Å². The third kappa shape index (κ3) is 10.5. The second-order valence-electron chi connectivity index (χ2n) is 8.76. The number of rotatable bonds is 14. The molecule has 11 heteroatoms. The summed E-state index contributed by atoms with van der Waals surface area (Å²) in [5, 5.41) is 9.60. The second-order valence-corrected chi connectivity index (χ2v) is 8.76. The third-order valence-corrected chi connectivity index (χ3v) is 4.95. The molecule has 0 saturated heterocycles. The first-order valence-electron chi connectivity index (χ1n) is 12.0. The Balaban J connectivity index is 3.29. The Morgan fingerprint density at radius 2 is 1.44 bits per heavy atom. The maximum Gasteiger partial charge on any atom is 0.513 e. The standard InChI is InChI=1S/C25H37NO10/c1-6-10-32-24(30)35-18-9-8-17(13-19(18)36-25(31)33-11-7-2)21(22(26)23(28)29)16(5)14-34-20(27)12-15(3)4/h8-9,13,15-16,21-22H,6-7,10-12,14,26H2,1-5H3,(H,28,29)/t16?,21?,22-/m0/s1. The number of hydrogen-bond acceptors (Lipinski definition) is 10.